The molecule has 0 amide bonds. The van der Waals surface area contributed by atoms with E-state index < -0.39 is 0 Å². The largest absolute Gasteiger partial charge is 0.392 e. The highest BCUT2D eigenvalue weighted by molar-refractivity contribution is 5.79. The van der Waals surface area contributed by atoms with E-state index in [0.29, 0.717) is 0 Å². The number of aliphatic hydroxyl groups excluding tert-OH is 1. The molecule has 1 aliphatic heterocycles. The third-order valence-electron chi connectivity index (χ3n) is 4.17. The summed E-state index contributed by atoms with van der Waals surface area (Å²) in [6.07, 6.45) is 1.09. The Morgan fingerprint density at radius 1 is 1.32 bits per heavy atom. The number of fused-ring (bicyclic) bond motifs is 1. The average molecular weight is 304 g/mol. The Labute approximate surface area is 130 Å². The number of hydrogen-bond donors (Lipinski definition) is 2. The molecule has 0 unspecified atom stereocenters. The molecule has 120 valence electrons. The molecule has 0 spiro atoms. The number of aromatic nitrogens is 2. The maximum Gasteiger partial charge on any atom is 0.203 e. The molecule has 0 aliphatic carbocycles. The number of nitrogens with zero attached hydrogens (tertiary/aromatic N) is 3. The van der Waals surface area contributed by atoms with Crippen LogP contribution in [0.5, 0.6) is 0 Å². The van der Waals surface area contributed by atoms with Gasteiger partial charge in [0.05, 0.1) is 30.9 Å². The predicted molar refractivity (Wildman–Crippen MR) is 87.0 cm³/mol. The molecular weight excluding hydrogens is 280 g/mol. The summed E-state index contributed by atoms with van der Waals surface area (Å²) in [5.74, 6) is 0.882. The number of morpholine rings is 1. The number of ether oxygens (including phenoxy) is 1. The Hall–Kier alpha value is -1.63. The second-order valence-corrected chi connectivity index (χ2v) is 5.71. The van der Waals surface area contributed by atoms with Gasteiger partial charge in [-0.15, -0.1) is 0 Å². The van der Waals surface area contributed by atoms with E-state index in [1.807, 2.05) is 29.8 Å². The van der Waals surface area contributed by atoms with Crippen molar-refractivity contribution >= 4 is 17.0 Å². The lowest BCUT2D eigenvalue weighted by molar-refractivity contribution is 0.0378. The van der Waals surface area contributed by atoms with Crippen LogP contribution in [-0.4, -0.2) is 59.0 Å². The van der Waals surface area contributed by atoms with Crippen molar-refractivity contribution in [3.63, 3.8) is 0 Å². The molecule has 1 saturated heterocycles. The molecule has 2 aromatic rings. The van der Waals surface area contributed by atoms with Gasteiger partial charge in [-0.1, -0.05) is 6.07 Å². The summed E-state index contributed by atoms with van der Waals surface area (Å²) < 4.78 is 7.40. The summed E-state index contributed by atoms with van der Waals surface area (Å²) in [6.45, 7) is 5.84. The van der Waals surface area contributed by atoms with Crippen molar-refractivity contribution in [2.24, 2.45) is 7.05 Å². The van der Waals surface area contributed by atoms with Crippen molar-refractivity contribution in [1.29, 1.82) is 0 Å². The van der Waals surface area contributed by atoms with Crippen LogP contribution in [0.1, 0.15) is 12.0 Å². The highest BCUT2D eigenvalue weighted by atomic mass is 16.5. The average Bonchev–Trinajstić information content (AvgIpc) is 2.88. The molecule has 1 aromatic heterocycles. The summed E-state index contributed by atoms with van der Waals surface area (Å²) >= 11 is 0. The first-order valence-electron chi connectivity index (χ1n) is 7.88. The van der Waals surface area contributed by atoms with Crippen molar-refractivity contribution in [2.45, 2.75) is 13.0 Å². The smallest absolute Gasteiger partial charge is 0.203 e. The summed E-state index contributed by atoms with van der Waals surface area (Å²) in [4.78, 5) is 7.05. The maximum atomic E-state index is 9.23. The summed E-state index contributed by atoms with van der Waals surface area (Å²) in [7, 11) is 2.00. The fraction of sp³-hybridized carbons (Fsp3) is 0.562. The van der Waals surface area contributed by atoms with Gasteiger partial charge >= 0.3 is 0 Å². The summed E-state index contributed by atoms with van der Waals surface area (Å²) in [5, 5.41) is 12.6. The van der Waals surface area contributed by atoms with Crippen LogP contribution in [0.2, 0.25) is 0 Å². The number of aryl methyl sites for hydroxylation is 1. The normalized spacial score (nSPS) is 16.3. The van der Waals surface area contributed by atoms with Crippen LogP contribution in [0.25, 0.3) is 11.0 Å². The Bertz CT molecular complexity index is 620. The molecule has 1 aliphatic rings. The SMILES string of the molecule is Cn1c(NCCCN2CCOCC2)nc2ccc(CO)cc21. The van der Waals surface area contributed by atoms with Gasteiger partial charge in [-0.05, 0) is 30.7 Å². The van der Waals surface area contributed by atoms with Gasteiger partial charge in [0.1, 0.15) is 0 Å². The zero-order chi connectivity index (χ0) is 15.4. The van der Waals surface area contributed by atoms with Crippen molar-refractivity contribution in [1.82, 2.24) is 14.5 Å². The Kier molecular flexibility index (Phi) is 4.92. The van der Waals surface area contributed by atoms with Crippen molar-refractivity contribution in [3.05, 3.63) is 23.8 Å². The number of hydrogen-bond acceptors (Lipinski definition) is 5. The third kappa shape index (κ3) is 3.40. The second kappa shape index (κ2) is 7.09. The van der Waals surface area contributed by atoms with Crippen molar-refractivity contribution in [2.75, 3.05) is 44.7 Å². The van der Waals surface area contributed by atoms with Crippen LogP contribution in [-0.2, 0) is 18.4 Å². The van der Waals surface area contributed by atoms with Crippen LogP contribution < -0.4 is 5.32 Å². The minimum absolute atomic E-state index is 0.0590. The fourth-order valence-corrected chi connectivity index (χ4v) is 2.82. The quantitative estimate of drug-likeness (QED) is 0.785. The number of benzene rings is 1. The van der Waals surface area contributed by atoms with Crippen LogP contribution in [0, 0.1) is 0 Å². The zero-order valence-corrected chi connectivity index (χ0v) is 13.1. The minimum atomic E-state index is 0.0590. The molecule has 22 heavy (non-hydrogen) atoms. The van der Waals surface area contributed by atoms with Gasteiger partial charge in [0, 0.05) is 26.7 Å². The summed E-state index contributed by atoms with van der Waals surface area (Å²) in [5.41, 5.74) is 2.91. The van der Waals surface area contributed by atoms with E-state index in [2.05, 4.69) is 15.2 Å². The standard InChI is InChI=1S/C16H24N4O2/c1-19-15-11-13(12-21)3-4-14(15)18-16(19)17-5-2-6-20-7-9-22-10-8-20/h3-4,11,21H,2,5-10,12H2,1H3,(H,17,18). The number of rotatable bonds is 6. The zero-order valence-electron chi connectivity index (χ0n) is 13.1. The van der Waals surface area contributed by atoms with Gasteiger partial charge in [-0.2, -0.15) is 0 Å². The molecule has 3 rings (SSSR count). The predicted octanol–water partition coefficient (Wildman–Crippen LogP) is 1.20. The lowest BCUT2D eigenvalue weighted by Gasteiger charge is -2.26. The maximum absolute atomic E-state index is 9.23. The van der Waals surface area contributed by atoms with E-state index in [1.54, 1.807) is 0 Å². The molecule has 0 radical (unpaired) electrons. The van der Waals surface area contributed by atoms with E-state index in [9.17, 15) is 5.11 Å². The topological polar surface area (TPSA) is 62.6 Å². The molecule has 0 atom stereocenters. The molecule has 2 N–H and O–H groups in total. The molecule has 2 heterocycles. The Balaban J connectivity index is 1.55. The first-order valence-corrected chi connectivity index (χ1v) is 7.88. The van der Waals surface area contributed by atoms with E-state index in [4.69, 9.17) is 4.74 Å². The van der Waals surface area contributed by atoms with E-state index in [0.717, 1.165) is 68.4 Å². The Morgan fingerprint density at radius 3 is 2.91 bits per heavy atom. The van der Waals surface area contributed by atoms with Crippen LogP contribution in [0.3, 0.4) is 0 Å². The molecule has 0 saturated carbocycles. The first-order chi connectivity index (χ1) is 10.8. The van der Waals surface area contributed by atoms with E-state index in [1.165, 1.54) is 0 Å². The van der Waals surface area contributed by atoms with Crippen molar-refractivity contribution in [3.8, 4) is 0 Å². The second-order valence-electron chi connectivity index (χ2n) is 5.71. The fourth-order valence-electron chi connectivity index (χ4n) is 2.82. The molecular formula is C16H24N4O2. The minimum Gasteiger partial charge on any atom is -0.392 e. The first kappa shape index (κ1) is 15.3. The third-order valence-corrected chi connectivity index (χ3v) is 4.17. The van der Waals surface area contributed by atoms with Gasteiger partial charge in [-0.25, -0.2) is 4.98 Å². The van der Waals surface area contributed by atoms with Gasteiger partial charge in [0.25, 0.3) is 0 Å². The number of aliphatic hydroxyl groups is 1. The highest BCUT2D eigenvalue weighted by Crippen LogP contribution is 2.19. The monoisotopic (exact) mass is 304 g/mol. The lowest BCUT2D eigenvalue weighted by atomic mass is 10.2. The van der Waals surface area contributed by atoms with Crippen LogP contribution in [0.4, 0.5) is 5.95 Å². The van der Waals surface area contributed by atoms with Gasteiger partial charge in [-0.3, -0.25) is 4.90 Å². The molecule has 1 fully saturated rings. The van der Waals surface area contributed by atoms with Crippen LogP contribution >= 0.6 is 0 Å². The molecule has 6 heteroatoms. The van der Waals surface area contributed by atoms with Crippen molar-refractivity contribution < 1.29 is 9.84 Å². The van der Waals surface area contributed by atoms with Gasteiger partial charge in [0.2, 0.25) is 5.95 Å². The number of anilines is 1. The van der Waals surface area contributed by atoms with Gasteiger partial charge < -0.3 is 19.7 Å². The van der Waals surface area contributed by atoms with Crippen LogP contribution in [0.15, 0.2) is 18.2 Å². The van der Waals surface area contributed by atoms with E-state index in [-0.39, 0.29) is 6.61 Å². The highest BCUT2D eigenvalue weighted by Gasteiger charge is 2.10. The summed E-state index contributed by atoms with van der Waals surface area (Å²) in [6, 6.07) is 5.86. The number of imidazole rings is 1. The van der Waals surface area contributed by atoms with E-state index >= 15 is 0 Å². The molecule has 6 nitrogen and oxygen atoms in total. The molecule has 1 aromatic carbocycles. The van der Waals surface area contributed by atoms with Gasteiger partial charge in [0.15, 0.2) is 0 Å². The Morgan fingerprint density at radius 2 is 2.14 bits per heavy atom. The lowest BCUT2D eigenvalue weighted by Crippen LogP contribution is -2.37. The molecule has 0 bridgehead atoms. The number of nitrogens with one attached hydrogen (secondary N) is 1.